The van der Waals surface area contributed by atoms with Crippen LogP contribution in [0.2, 0.25) is 0 Å². The van der Waals surface area contributed by atoms with Crippen LogP contribution in [0.5, 0.6) is 0 Å². The summed E-state index contributed by atoms with van der Waals surface area (Å²) in [6, 6.07) is 6.46. The molecule has 78 valence electrons. The molecular formula is C13H14BrN. The smallest absolute Gasteiger partial charge is 0.0379 e. The number of fused-ring (bicyclic) bond motifs is 1. The Bertz CT molecular complexity index is 503. The molecule has 2 rings (SSSR count). The van der Waals surface area contributed by atoms with Crippen molar-refractivity contribution in [2.24, 2.45) is 0 Å². The zero-order chi connectivity index (χ0) is 11.0. The summed E-state index contributed by atoms with van der Waals surface area (Å²) in [5.74, 6) is 0.544. The molecule has 1 aromatic heterocycles. The maximum atomic E-state index is 4.34. The number of halogens is 1. The highest BCUT2D eigenvalue weighted by atomic mass is 79.9. The topological polar surface area (TPSA) is 12.9 Å². The lowest BCUT2D eigenvalue weighted by Crippen LogP contribution is -1.92. The fourth-order valence-electron chi connectivity index (χ4n) is 1.83. The van der Waals surface area contributed by atoms with Gasteiger partial charge >= 0.3 is 0 Å². The van der Waals surface area contributed by atoms with Crippen LogP contribution >= 0.6 is 15.9 Å². The first-order chi connectivity index (χ1) is 7.09. The number of hydrogen-bond donors (Lipinski definition) is 0. The van der Waals surface area contributed by atoms with Crippen molar-refractivity contribution < 1.29 is 0 Å². The zero-order valence-electron chi connectivity index (χ0n) is 9.21. The molecule has 0 saturated heterocycles. The number of benzene rings is 1. The zero-order valence-corrected chi connectivity index (χ0v) is 10.8. The van der Waals surface area contributed by atoms with E-state index in [1.807, 2.05) is 13.1 Å². The fourth-order valence-corrected chi connectivity index (χ4v) is 2.28. The Hall–Kier alpha value is -0.890. The van der Waals surface area contributed by atoms with E-state index < -0.39 is 0 Å². The minimum absolute atomic E-state index is 0.544. The van der Waals surface area contributed by atoms with E-state index in [4.69, 9.17) is 0 Å². The van der Waals surface area contributed by atoms with Crippen LogP contribution in [0.25, 0.3) is 10.8 Å². The van der Waals surface area contributed by atoms with Gasteiger partial charge in [0, 0.05) is 21.7 Å². The lowest BCUT2D eigenvalue weighted by molar-refractivity contribution is 0.875. The van der Waals surface area contributed by atoms with Gasteiger partial charge in [-0.25, -0.2) is 0 Å². The largest absolute Gasteiger partial charge is 0.261 e. The highest BCUT2D eigenvalue weighted by Gasteiger charge is 2.07. The van der Waals surface area contributed by atoms with E-state index in [-0.39, 0.29) is 0 Å². The molecule has 0 N–H and O–H groups in total. The standard InChI is InChI=1S/C13H14BrN/c1-8(2)10-4-5-13(14)12-7-15-9(3)6-11(10)12/h4-8H,1-3H3. The molecule has 0 bridgehead atoms. The Labute approximate surface area is 98.7 Å². The van der Waals surface area contributed by atoms with Gasteiger partial charge in [0.2, 0.25) is 0 Å². The maximum absolute atomic E-state index is 4.34. The van der Waals surface area contributed by atoms with Crippen molar-refractivity contribution in [3.05, 3.63) is 40.1 Å². The normalized spacial score (nSPS) is 11.3. The predicted octanol–water partition coefficient (Wildman–Crippen LogP) is 4.43. The fraction of sp³-hybridized carbons (Fsp3) is 0.308. The molecule has 2 aromatic rings. The van der Waals surface area contributed by atoms with Gasteiger partial charge in [-0.2, -0.15) is 0 Å². The van der Waals surface area contributed by atoms with Crippen molar-refractivity contribution in [2.75, 3.05) is 0 Å². The number of hydrogen-bond acceptors (Lipinski definition) is 1. The first-order valence-electron chi connectivity index (χ1n) is 5.14. The van der Waals surface area contributed by atoms with Gasteiger partial charge in [0.1, 0.15) is 0 Å². The van der Waals surface area contributed by atoms with E-state index in [1.54, 1.807) is 0 Å². The molecular weight excluding hydrogens is 250 g/mol. The second-order valence-electron chi connectivity index (χ2n) is 4.16. The van der Waals surface area contributed by atoms with E-state index in [0.717, 1.165) is 10.2 Å². The van der Waals surface area contributed by atoms with Crippen molar-refractivity contribution in [1.82, 2.24) is 4.98 Å². The Morgan fingerprint density at radius 1 is 1.20 bits per heavy atom. The van der Waals surface area contributed by atoms with Crippen LogP contribution < -0.4 is 0 Å². The second-order valence-corrected chi connectivity index (χ2v) is 5.02. The van der Waals surface area contributed by atoms with E-state index in [9.17, 15) is 0 Å². The molecule has 15 heavy (non-hydrogen) atoms. The van der Waals surface area contributed by atoms with Crippen LogP contribution in [0.4, 0.5) is 0 Å². The van der Waals surface area contributed by atoms with Crippen molar-refractivity contribution in [3.63, 3.8) is 0 Å². The molecule has 0 unspecified atom stereocenters. The minimum Gasteiger partial charge on any atom is -0.261 e. The van der Waals surface area contributed by atoms with Crippen LogP contribution in [0, 0.1) is 6.92 Å². The van der Waals surface area contributed by atoms with Gasteiger partial charge in [0.15, 0.2) is 0 Å². The lowest BCUT2D eigenvalue weighted by atomic mass is 9.97. The van der Waals surface area contributed by atoms with Gasteiger partial charge in [-0.05, 0) is 35.9 Å². The van der Waals surface area contributed by atoms with E-state index in [1.165, 1.54) is 16.3 Å². The van der Waals surface area contributed by atoms with E-state index in [2.05, 4.69) is 53.0 Å². The second kappa shape index (κ2) is 3.93. The summed E-state index contributed by atoms with van der Waals surface area (Å²) < 4.78 is 1.12. The predicted molar refractivity (Wildman–Crippen MR) is 68.3 cm³/mol. The van der Waals surface area contributed by atoms with Gasteiger partial charge in [0.05, 0.1) is 0 Å². The molecule has 1 nitrogen and oxygen atoms in total. The van der Waals surface area contributed by atoms with Gasteiger partial charge in [0.25, 0.3) is 0 Å². The van der Waals surface area contributed by atoms with Crippen molar-refractivity contribution in [1.29, 1.82) is 0 Å². The molecule has 0 atom stereocenters. The van der Waals surface area contributed by atoms with Crippen molar-refractivity contribution in [3.8, 4) is 0 Å². The van der Waals surface area contributed by atoms with E-state index >= 15 is 0 Å². The molecule has 0 spiro atoms. The molecule has 1 aromatic carbocycles. The first kappa shape index (κ1) is 10.6. The molecule has 0 aliphatic rings. The summed E-state index contributed by atoms with van der Waals surface area (Å²) in [6.07, 6.45) is 1.95. The van der Waals surface area contributed by atoms with Gasteiger partial charge < -0.3 is 0 Å². The molecule has 0 aliphatic carbocycles. The molecule has 0 aliphatic heterocycles. The summed E-state index contributed by atoms with van der Waals surface area (Å²) in [4.78, 5) is 4.34. The van der Waals surface area contributed by atoms with Crippen LogP contribution in [0.1, 0.15) is 31.0 Å². The summed E-state index contributed by atoms with van der Waals surface area (Å²) in [5, 5.41) is 2.51. The summed E-state index contributed by atoms with van der Waals surface area (Å²) in [5.41, 5.74) is 2.46. The molecule has 0 radical (unpaired) electrons. The molecule has 0 amide bonds. The SMILES string of the molecule is Cc1cc2c(C(C)C)ccc(Br)c2cn1. The molecule has 0 fully saturated rings. The molecule has 2 heteroatoms. The average molecular weight is 264 g/mol. The third kappa shape index (κ3) is 1.91. The average Bonchev–Trinajstić information content (AvgIpc) is 2.17. The summed E-state index contributed by atoms with van der Waals surface area (Å²) >= 11 is 3.56. The summed E-state index contributed by atoms with van der Waals surface area (Å²) in [7, 11) is 0. The molecule has 0 saturated carbocycles. The third-order valence-electron chi connectivity index (χ3n) is 2.64. The third-order valence-corrected chi connectivity index (χ3v) is 3.33. The minimum atomic E-state index is 0.544. The number of pyridine rings is 1. The highest BCUT2D eigenvalue weighted by molar-refractivity contribution is 9.10. The van der Waals surface area contributed by atoms with Crippen molar-refractivity contribution in [2.45, 2.75) is 26.7 Å². The Kier molecular flexibility index (Phi) is 2.79. The van der Waals surface area contributed by atoms with Gasteiger partial charge in [-0.3, -0.25) is 4.98 Å². The van der Waals surface area contributed by atoms with E-state index in [0.29, 0.717) is 5.92 Å². The Morgan fingerprint density at radius 2 is 1.93 bits per heavy atom. The number of aromatic nitrogens is 1. The monoisotopic (exact) mass is 263 g/mol. The first-order valence-corrected chi connectivity index (χ1v) is 5.93. The van der Waals surface area contributed by atoms with Crippen LogP contribution in [-0.2, 0) is 0 Å². The highest BCUT2D eigenvalue weighted by Crippen LogP contribution is 2.30. The van der Waals surface area contributed by atoms with Crippen molar-refractivity contribution >= 4 is 26.7 Å². The number of nitrogens with zero attached hydrogens (tertiary/aromatic N) is 1. The van der Waals surface area contributed by atoms with Crippen LogP contribution in [-0.4, -0.2) is 4.98 Å². The Balaban J connectivity index is 2.84. The van der Waals surface area contributed by atoms with Gasteiger partial charge in [-0.15, -0.1) is 0 Å². The number of rotatable bonds is 1. The summed E-state index contributed by atoms with van der Waals surface area (Å²) in [6.45, 7) is 6.47. The Morgan fingerprint density at radius 3 is 2.60 bits per heavy atom. The number of aryl methyl sites for hydroxylation is 1. The van der Waals surface area contributed by atoms with Crippen LogP contribution in [0.3, 0.4) is 0 Å². The van der Waals surface area contributed by atoms with Crippen LogP contribution in [0.15, 0.2) is 28.9 Å². The molecule has 1 heterocycles. The maximum Gasteiger partial charge on any atom is 0.0379 e. The quantitative estimate of drug-likeness (QED) is 0.742. The van der Waals surface area contributed by atoms with Gasteiger partial charge in [-0.1, -0.05) is 35.8 Å². The lowest BCUT2D eigenvalue weighted by Gasteiger charge is -2.11.